The van der Waals surface area contributed by atoms with E-state index in [1.54, 1.807) is 0 Å². The van der Waals surface area contributed by atoms with Crippen molar-refractivity contribution in [3.05, 3.63) is 12.3 Å². The molecule has 0 saturated heterocycles. The summed E-state index contributed by atoms with van der Waals surface area (Å²) in [5.74, 6) is 0. The van der Waals surface area contributed by atoms with Gasteiger partial charge in [-0.25, -0.2) is 0 Å². The minimum atomic E-state index is 0.908. The largest absolute Gasteiger partial charge is 0.502 e. The van der Waals surface area contributed by atoms with Crippen LogP contribution in [-0.2, 0) is 4.74 Å². The molecule has 0 aromatic heterocycles. The van der Waals surface area contributed by atoms with Crippen molar-refractivity contribution in [3.8, 4) is 0 Å². The molecule has 28 heavy (non-hydrogen) atoms. The van der Waals surface area contributed by atoms with Crippen molar-refractivity contribution in [2.75, 3.05) is 6.61 Å². The van der Waals surface area contributed by atoms with E-state index < -0.39 is 0 Å². The number of allylic oxidation sites excluding steroid dienone is 1. The molecule has 0 aliphatic rings. The third-order valence-corrected chi connectivity index (χ3v) is 5.78. The number of unbranched alkanes of at least 4 members (excludes halogenated alkanes) is 20. The predicted molar refractivity (Wildman–Crippen MR) is 128 cm³/mol. The third-order valence-electron chi connectivity index (χ3n) is 5.78. The first kappa shape index (κ1) is 27.5. The molecule has 0 rings (SSSR count). The van der Waals surface area contributed by atoms with Crippen LogP contribution in [-0.4, -0.2) is 6.61 Å². The molecule has 0 amide bonds. The highest BCUT2D eigenvalue weighted by Crippen LogP contribution is 2.13. The minimum Gasteiger partial charge on any atom is -0.502 e. The van der Waals surface area contributed by atoms with Crippen molar-refractivity contribution in [3.63, 3.8) is 0 Å². The molecule has 1 nitrogen and oxygen atoms in total. The lowest BCUT2D eigenvalue weighted by Crippen LogP contribution is -1.88. The molecule has 0 unspecified atom stereocenters. The van der Waals surface area contributed by atoms with E-state index in [0.717, 1.165) is 6.61 Å². The highest BCUT2D eigenvalue weighted by Gasteiger charge is 1.94. The second kappa shape index (κ2) is 26.5. The first-order valence-electron chi connectivity index (χ1n) is 13.2. The summed E-state index contributed by atoms with van der Waals surface area (Å²) in [6.45, 7) is 5.47. The van der Waals surface area contributed by atoms with Gasteiger partial charge in [0.1, 0.15) is 0 Å². The maximum Gasteiger partial charge on any atom is 0.0873 e. The van der Waals surface area contributed by atoms with Gasteiger partial charge in [-0.15, -0.1) is 0 Å². The van der Waals surface area contributed by atoms with Crippen LogP contribution in [0.3, 0.4) is 0 Å². The lowest BCUT2D eigenvalue weighted by Gasteiger charge is -2.04. The van der Waals surface area contributed by atoms with Crippen LogP contribution in [0.25, 0.3) is 0 Å². The standard InChI is InChI=1S/C27H54O/c1-3-5-7-9-11-12-13-14-15-16-17-18-19-21-23-25-27-28-26-24-22-20-10-8-6-4-2/h24,26H,3-23,25,27H2,1-2H3. The smallest absolute Gasteiger partial charge is 0.0873 e. The molecule has 0 radical (unpaired) electrons. The van der Waals surface area contributed by atoms with Gasteiger partial charge in [-0.2, -0.15) is 0 Å². The van der Waals surface area contributed by atoms with Gasteiger partial charge in [-0.3, -0.25) is 0 Å². The topological polar surface area (TPSA) is 9.23 Å². The fourth-order valence-corrected chi connectivity index (χ4v) is 3.80. The molecule has 0 aliphatic heterocycles. The molecule has 0 saturated carbocycles. The Hall–Kier alpha value is -0.460. The molecule has 1 heteroatoms. The van der Waals surface area contributed by atoms with Gasteiger partial charge in [0.05, 0.1) is 12.9 Å². The van der Waals surface area contributed by atoms with Crippen LogP contribution in [0.15, 0.2) is 12.3 Å². The van der Waals surface area contributed by atoms with Gasteiger partial charge in [0, 0.05) is 0 Å². The summed E-state index contributed by atoms with van der Waals surface area (Å²) in [5, 5.41) is 0. The van der Waals surface area contributed by atoms with Crippen LogP contribution in [0, 0.1) is 0 Å². The predicted octanol–water partition coefficient (Wildman–Crippen LogP) is 10.1. The third kappa shape index (κ3) is 25.5. The van der Waals surface area contributed by atoms with Gasteiger partial charge >= 0.3 is 0 Å². The Morgan fingerprint density at radius 1 is 0.429 bits per heavy atom. The van der Waals surface area contributed by atoms with Gasteiger partial charge in [0.2, 0.25) is 0 Å². The Morgan fingerprint density at radius 3 is 1.21 bits per heavy atom. The summed E-state index contributed by atoms with van der Waals surface area (Å²) in [4.78, 5) is 0. The van der Waals surface area contributed by atoms with Crippen molar-refractivity contribution in [2.24, 2.45) is 0 Å². The zero-order valence-corrected chi connectivity index (χ0v) is 19.8. The molecule has 0 heterocycles. The molecule has 0 N–H and O–H groups in total. The van der Waals surface area contributed by atoms with Crippen molar-refractivity contribution in [1.82, 2.24) is 0 Å². The highest BCUT2D eigenvalue weighted by atomic mass is 16.5. The van der Waals surface area contributed by atoms with Gasteiger partial charge in [-0.1, -0.05) is 136 Å². The number of hydrogen-bond donors (Lipinski definition) is 0. The molecule has 0 atom stereocenters. The average molecular weight is 395 g/mol. The number of rotatable bonds is 24. The molecular formula is C27H54O. The van der Waals surface area contributed by atoms with E-state index in [2.05, 4.69) is 19.9 Å². The Kier molecular flexibility index (Phi) is 26.1. The van der Waals surface area contributed by atoms with Crippen LogP contribution in [0.2, 0.25) is 0 Å². The summed E-state index contributed by atoms with van der Waals surface area (Å²) >= 11 is 0. The normalized spacial score (nSPS) is 11.5. The van der Waals surface area contributed by atoms with Gasteiger partial charge in [0.15, 0.2) is 0 Å². The van der Waals surface area contributed by atoms with Crippen molar-refractivity contribution >= 4 is 0 Å². The summed E-state index contributed by atoms with van der Waals surface area (Å²) in [5.41, 5.74) is 0. The fraction of sp³-hybridized carbons (Fsp3) is 0.926. The highest BCUT2D eigenvalue weighted by molar-refractivity contribution is 4.73. The van der Waals surface area contributed by atoms with E-state index in [-0.39, 0.29) is 0 Å². The van der Waals surface area contributed by atoms with Gasteiger partial charge in [0.25, 0.3) is 0 Å². The Labute approximate surface area is 179 Å². The summed E-state index contributed by atoms with van der Waals surface area (Å²) in [6, 6.07) is 0. The second-order valence-corrected chi connectivity index (χ2v) is 8.75. The van der Waals surface area contributed by atoms with Gasteiger partial charge < -0.3 is 4.74 Å². The van der Waals surface area contributed by atoms with Crippen molar-refractivity contribution in [2.45, 2.75) is 155 Å². The van der Waals surface area contributed by atoms with Crippen LogP contribution in [0.4, 0.5) is 0 Å². The molecule has 168 valence electrons. The Balaban J connectivity index is 3.03. The van der Waals surface area contributed by atoms with E-state index in [1.807, 2.05) is 6.26 Å². The van der Waals surface area contributed by atoms with Crippen molar-refractivity contribution < 1.29 is 4.74 Å². The quantitative estimate of drug-likeness (QED) is 0.117. The SMILES string of the molecule is CCCCCCCC=COCCCCCCCCCCCCCCCCCC. The van der Waals surface area contributed by atoms with E-state index in [4.69, 9.17) is 4.74 Å². The van der Waals surface area contributed by atoms with Crippen LogP contribution < -0.4 is 0 Å². The summed E-state index contributed by atoms with van der Waals surface area (Å²) < 4.78 is 5.60. The summed E-state index contributed by atoms with van der Waals surface area (Å²) in [6.07, 6.45) is 34.9. The number of ether oxygens (including phenoxy) is 1. The lowest BCUT2D eigenvalue weighted by atomic mass is 10.0. The average Bonchev–Trinajstić information content (AvgIpc) is 2.71. The first-order chi connectivity index (χ1) is 13.9. The van der Waals surface area contributed by atoms with E-state index in [9.17, 15) is 0 Å². The molecule has 0 aliphatic carbocycles. The van der Waals surface area contributed by atoms with E-state index in [1.165, 1.54) is 141 Å². The Bertz CT molecular complexity index is 284. The lowest BCUT2D eigenvalue weighted by molar-refractivity contribution is 0.239. The Morgan fingerprint density at radius 2 is 0.786 bits per heavy atom. The van der Waals surface area contributed by atoms with E-state index >= 15 is 0 Å². The van der Waals surface area contributed by atoms with Gasteiger partial charge in [-0.05, 0) is 25.3 Å². The number of hydrogen-bond acceptors (Lipinski definition) is 1. The first-order valence-corrected chi connectivity index (χ1v) is 13.2. The van der Waals surface area contributed by atoms with Crippen molar-refractivity contribution in [1.29, 1.82) is 0 Å². The molecule has 0 spiro atoms. The maximum atomic E-state index is 5.60. The zero-order valence-electron chi connectivity index (χ0n) is 19.8. The van der Waals surface area contributed by atoms with E-state index in [0.29, 0.717) is 0 Å². The molecule has 0 fully saturated rings. The molecule has 0 aromatic carbocycles. The maximum absolute atomic E-state index is 5.60. The van der Waals surface area contributed by atoms with Crippen LogP contribution >= 0.6 is 0 Å². The van der Waals surface area contributed by atoms with Crippen LogP contribution in [0.5, 0.6) is 0 Å². The molecular weight excluding hydrogens is 340 g/mol. The zero-order chi connectivity index (χ0) is 20.4. The summed E-state index contributed by atoms with van der Waals surface area (Å²) in [7, 11) is 0. The monoisotopic (exact) mass is 394 g/mol. The molecule has 0 aromatic rings. The molecule has 0 bridgehead atoms. The van der Waals surface area contributed by atoms with Crippen LogP contribution in [0.1, 0.15) is 155 Å². The second-order valence-electron chi connectivity index (χ2n) is 8.75. The fourth-order valence-electron chi connectivity index (χ4n) is 3.80. The minimum absolute atomic E-state index is 0.908.